The first-order chi connectivity index (χ1) is 12.2. The third-order valence-electron chi connectivity index (χ3n) is 3.68. The average Bonchev–Trinajstić information content (AvgIpc) is 3.28. The molecule has 25 heavy (non-hydrogen) atoms. The van der Waals surface area contributed by atoms with Gasteiger partial charge in [0.25, 0.3) is 0 Å². The molecule has 0 atom stereocenters. The van der Waals surface area contributed by atoms with Gasteiger partial charge in [-0.25, -0.2) is 9.67 Å². The van der Waals surface area contributed by atoms with Crippen molar-refractivity contribution in [2.75, 3.05) is 13.6 Å². The molecule has 0 aliphatic heterocycles. The molecule has 130 valence electrons. The van der Waals surface area contributed by atoms with Crippen LogP contribution in [0.5, 0.6) is 0 Å². The van der Waals surface area contributed by atoms with Gasteiger partial charge in [-0.1, -0.05) is 18.2 Å². The van der Waals surface area contributed by atoms with E-state index in [1.807, 2.05) is 54.3 Å². The molecule has 2 N–H and O–H groups in total. The van der Waals surface area contributed by atoms with Crippen molar-refractivity contribution >= 4 is 17.3 Å². The van der Waals surface area contributed by atoms with E-state index in [0.717, 1.165) is 40.9 Å². The maximum absolute atomic E-state index is 4.47. The van der Waals surface area contributed by atoms with Gasteiger partial charge < -0.3 is 10.6 Å². The van der Waals surface area contributed by atoms with Gasteiger partial charge in [0.2, 0.25) is 0 Å². The minimum atomic E-state index is 0.669. The first-order valence-corrected chi connectivity index (χ1v) is 9.07. The van der Waals surface area contributed by atoms with Crippen LogP contribution in [0.1, 0.15) is 16.3 Å². The van der Waals surface area contributed by atoms with Crippen LogP contribution in [0.25, 0.3) is 5.69 Å². The van der Waals surface area contributed by atoms with Gasteiger partial charge in [0.1, 0.15) is 0 Å². The van der Waals surface area contributed by atoms with E-state index >= 15 is 0 Å². The first-order valence-electron chi connectivity index (χ1n) is 8.19. The number of guanidine groups is 1. The summed E-state index contributed by atoms with van der Waals surface area (Å²) in [4.78, 5) is 8.72. The fourth-order valence-electron chi connectivity index (χ4n) is 2.41. The van der Waals surface area contributed by atoms with Crippen molar-refractivity contribution in [3.63, 3.8) is 0 Å². The normalized spacial score (nSPS) is 11.5. The van der Waals surface area contributed by atoms with Crippen molar-refractivity contribution in [2.24, 2.45) is 4.99 Å². The number of nitrogens with one attached hydrogen (secondary N) is 2. The lowest BCUT2D eigenvalue weighted by molar-refractivity contribution is 0.785. The molecule has 0 amide bonds. The van der Waals surface area contributed by atoms with Gasteiger partial charge in [-0.2, -0.15) is 5.10 Å². The van der Waals surface area contributed by atoms with E-state index in [1.165, 1.54) is 0 Å². The van der Waals surface area contributed by atoms with E-state index in [0.29, 0.717) is 6.54 Å². The number of nitrogens with zero attached hydrogens (tertiary/aromatic N) is 4. The summed E-state index contributed by atoms with van der Waals surface area (Å²) < 4.78 is 1.87. The highest BCUT2D eigenvalue weighted by molar-refractivity contribution is 7.09. The first kappa shape index (κ1) is 17.2. The summed E-state index contributed by atoms with van der Waals surface area (Å²) in [6.45, 7) is 3.49. The molecule has 0 unspecified atom stereocenters. The lowest BCUT2D eigenvalue weighted by Gasteiger charge is -2.10. The number of rotatable bonds is 6. The molecule has 0 aliphatic rings. The lowest BCUT2D eigenvalue weighted by Crippen LogP contribution is -2.37. The summed E-state index contributed by atoms with van der Waals surface area (Å²) in [7, 11) is 1.77. The van der Waals surface area contributed by atoms with Gasteiger partial charge in [-0.15, -0.1) is 11.3 Å². The van der Waals surface area contributed by atoms with Crippen molar-refractivity contribution in [3.05, 3.63) is 64.4 Å². The summed E-state index contributed by atoms with van der Waals surface area (Å²) in [5.74, 6) is 0.777. The Bertz CT molecular complexity index is 821. The number of hydrogen-bond acceptors (Lipinski definition) is 4. The summed E-state index contributed by atoms with van der Waals surface area (Å²) in [6.07, 6.45) is 4.77. The molecule has 1 aromatic carbocycles. The minimum absolute atomic E-state index is 0.669. The van der Waals surface area contributed by atoms with Crippen molar-refractivity contribution in [2.45, 2.75) is 19.9 Å². The zero-order valence-electron chi connectivity index (χ0n) is 14.4. The number of benzene rings is 1. The number of thiazole rings is 1. The van der Waals surface area contributed by atoms with Gasteiger partial charge in [0, 0.05) is 43.7 Å². The Morgan fingerprint density at radius 2 is 2.08 bits per heavy atom. The topological polar surface area (TPSA) is 67.1 Å². The number of hydrogen-bond donors (Lipinski definition) is 2. The molecule has 3 rings (SSSR count). The zero-order chi connectivity index (χ0) is 17.5. The van der Waals surface area contributed by atoms with E-state index in [9.17, 15) is 0 Å². The average molecular weight is 354 g/mol. The maximum Gasteiger partial charge on any atom is 0.191 e. The van der Waals surface area contributed by atoms with Gasteiger partial charge in [0.05, 0.1) is 22.6 Å². The molecule has 0 spiro atoms. The van der Waals surface area contributed by atoms with E-state index in [1.54, 1.807) is 18.4 Å². The number of aromatic nitrogens is 3. The number of para-hydroxylation sites is 1. The Balaban J connectivity index is 1.47. The standard InChI is InChI=1S/C18H22N6S/c1-14-23-16(13-25-14)8-9-20-18(19-2)21-10-15-11-22-24(12-15)17-6-4-3-5-7-17/h3-7,11-13H,8-10H2,1-2H3,(H2,19,20,21). The van der Waals surface area contributed by atoms with Crippen molar-refractivity contribution in [3.8, 4) is 5.69 Å². The van der Waals surface area contributed by atoms with E-state index in [4.69, 9.17) is 0 Å². The quantitative estimate of drug-likeness (QED) is 0.527. The van der Waals surface area contributed by atoms with Gasteiger partial charge in [-0.3, -0.25) is 4.99 Å². The van der Waals surface area contributed by atoms with Crippen LogP contribution in [-0.2, 0) is 13.0 Å². The zero-order valence-corrected chi connectivity index (χ0v) is 15.3. The van der Waals surface area contributed by atoms with Crippen molar-refractivity contribution in [1.82, 2.24) is 25.4 Å². The third-order valence-corrected chi connectivity index (χ3v) is 4.50. The molecular weight excluding hydrogens is 332 g/mol. The second-order valence-electron chi connectivity index (χ2n) is 5.59. The van der Waals surface area contributed by atoms with Gasteiger partial charge in [-0.05, 0) is 19.1 Å². The highest BCUT2D eigenvalue weighted by Crippen LogP contribution is 2.08. The Kier molecular flexibility index (Phi) is 5.79. The SMILES string of the molecule is CN=C(NCCc1csc(C)n1)NCc1cnn(-c2ccccc2)c1. The molecule has 0 bridgehead atoms. The molecule has 0 fully saturated rings. The molecule has 0 aliphatic carbocycles. The molecule has 0 radical (unpaired) electrons. The van der Waals surface area contributed by atoms with Crippen LogP contribution in [0, 0.1) is 6.92 Å². The van der Waals surface area contributed by atoms with Crippen LogP contribution in [0.3, 0.4) is 0 Å². The smallest absolute Gasteiger partial charge is 0.191 e. The number of aryl methyl sites for hydroxylation is 1. The summed E-state index contributed by atoms with van der Waals surface area (Å²) in [5, 5.41) is 14.2. The van der Waals surface area contributed by atoms with Gasteiger partial charge >= 0.3 is 0 Å². The van der Waals surface area contributed by atoms with Crippen LogP contribution >= 0.6 is 11.3 Å². The largest absolute Gasteiger partial charge is 0.356 e. The second-order valence-corrected chi connectivity index (χ2v) is 6.65. The highest BCUT2D eigenvalue weighted by Gasteiger charge is 2.03. The second kappa shape index (κ2) is 8.43. The highest BCUT2D eigenvalue weighted by atomic mass is 32.1. The Morgan fingerprint density at radius 3 is 2.80 bits per heavy atom. The summed E-state index contributed by atoms with van der Waals surface area (Å²) in [6, 6.07) is 10.1. The van der Waals surface area contributed by atoms with Crippen LogP contribution < -0.4 is 10.6 Å². The third kappa shape index (κ3) is 4.90. The van der Waals surface area contributed by atoms with Gasteiger partial charge in [0.15, 0.2) is 5.96 Å². The summed E-state index contributed by atoms with van der Waals surface area (Å²) in [5.41, 5.74) is 3.27. The molecule has 2 aromatic heterocycles. The van der Waals surface area contributed by atoms with Crippen LogP contribution in [0.4, 0.5) is 0 Å². The molecule has 3 aromatic rings. The lowest BCUT2D eigenvalue weighted by atomic mass is 10.3. The predicted molar refractivity (Wildman–Crippen MR) is 102 cm³/mol. The Hall–Kier alpha value is -2.67. The minimum Gasteiger partial charge on any atom is -0.356 e. The maximum atomic E-state index is 4.47. The Morgan fingerprint density at radius 1 is 1.24 bits per heavy atom. The number of aliphatic imine (C=N–C) groups is 1. The molecule has 2 heterocycles. The van der Waals surface area contributed by atoms with E-state index < -0.39 is 0 Å². The molecule has 0 saturated carbocycles. The fraction of sp³-hybridized carbons (Fsp3) is 0.278. The predicted octanol–water partition coefficient (Wildman–Crippen LogP) is 2.54. The van der Waals surface area contributed by atoms with Crippen LogP contribution in [-0.4, -0.2) is 34.3 Å². The van der Waals surface area contributed by atoms with Crippen molar-refractivity contribution < 1.29 is 0 Å². The Labute approximate surface area is 151 Å². The molecular formula is C18H22N6S. The molecule has 7 heteroatoms. The summed E-state index contributed by atoms with van der Waals surface area (Å²) >= 11 is 1.68. The molecule has 0 saturated heterocycles. The monoisotopic (exact) mass is 354 g/mol. The van der Waals surface area contributed by atoms with Crippen LogP contribution in [0.2, 0.25) is 0 Å². The van der Waals surface area contributed by atoms with E-state index in [2.05, 4.69) is 31.1 Å². The van der Waals surface area contributed by atoms with Crippen molar-refractivity contribution in [1.29, 1.82) is 0 Å². The molecule has 6 nitrogen and oxygen atoms in total. The van der Waals surface area contributed by atoms with Crippen LogP contribution in [0.15, 0.2) is 53.1 Å². The van der Waals surface area contributed by atoms with E-state index in [-0.39, 0.29) is 0 Å². The fourth-order valence-corrected chi connectivity index (χ4v) is 3.06.